The Morgan fingerprint density at radius 3 is 2.35 bits per heavy atom. The zero-order valence-electron chi connectivity index (χ0n) is 18.4. The third-order valence-corrected chi connectivity index (χ3v) is 6.03. The molecule has 0 fully saturated rings. The van der Waals surface area contributed by atoms with Gasteiger partial charge in [0.2, 0.25) is 0 Å². The molecule has 4 rings (SSSR count). The molecule has 0 aromatic heterocycles. The van der Waals surface area contributed by atoms with Crippen LogP contribution in [0, 0.1) is 0 Å². The molecule has 0 unspecified atom stereocenters. The number of rotatable bonds is 8. The Morgan fingerprint density at radius 1 is 0.903 bits per heavy atom. The molecular weight excluding hydrogens is 388 g/mol. The van der Waals surface area contributed by atoms with Gasteiger partial charge in [0.15, 0.2) is 0 Å². The Labute approximate surface area is 184 Å². The van der Waals surface area contributed by atoms with Crippen molar-refractivity contribution >= 4 is 17.4 Å². The molecule has 0 aliphatic carbocycles. The number of fused-ring (bicyclic) bond motifs is 1. The van der Waals surface area contributed by atoms with Gasteiger partial charge < -0.3 is 9.64 Å². The SMILES string of the molecule is CCCCCN1C(=O)C(c2ccc(OCC)cc2)=C(N2CCc3ccccc3C2)C1=O. The number of imide groups is 1. The molecule has 0 saturated heterocycles. The minimum atomic E-state index is -0.181. The van der Waals surface area contributed by atoms with Crippen LogP contribution < -0.4 is 4.74 Å². The second-order valence-corrected chi connectivity index (χ2v) is 8.09. The first-order valence-corrected chi connectivity index (χ1v) is 11.3. The summed E-state index contributed by atoms with van der Waals surface area (Å²) in [5, 5.41) is 0. The summed E-state index contributed by atoms with van der Waals surface area (Å²) in [5.41, 5.74) is 4.37. The van der Waals surface area contributed by atoms with Crippen LogP contribution in [0.15, 0.2) is 54.2 Å². The second-order valence-electron chi connectivity index (χ2n) is 8.09. The summed E-state index contributed by atoms with van der Waals surface area (Å²) in [7, 11) is 0. The minimum absolute atomic E-state index is 0.163. The fourth-order valence-corrected chi connectivity index (χ4v) is 4.41. The van der Waals surface area contributed by atoms with E-state index in [4.69, 9.17) is 4.74 Å². The summed E-state index contributed by atoms with van der Waals surface area (Å²) in [6.07, 6.45) is 3.75. The van der Waals surface area contributed by atoms with Gasteiger partial charge in [0.05, 0.1) is 12.2 Å². The smallest absolute Gasteiger partial charge is 0.277 e. The molecule has 31 heavy (non-hydrogen) atoms. The lowest BCUT2D eigenvalue weighted by atomic mass is 9.98. The first kappa shape index (κ1) is 21.2. The topological polar surface area (TPSA) is 49.9 Å². The summed E-state index contributed by atoms with van der Waals surface area (Å²) in [4.78, 5) is 30.4. The summed E-state index contributed by atoms with van der Waals surface area (Å²) in [6, 6.07) is 15.9. The molecule has 2 amide bonds. The number of hydrogen-bond acceptors (Lipinski definition) is 4. The predicted molar refractivity (Wildman–Crippen MR) is 121 cm³/mol. The minimum Gasteiger partial charge on any atom is -0.494 e. The summed E-state index contributed by atoms with van der Waals surface area (Å²) in [6.45, 7) is 6.50. The Hall–Kier alpha value is -3.08. The quantitative estimate of drug-likeness (QED) is 0.471. The van der Waals surface area contributed by atoms with Crippen LogP contribution in [0.3, 0.4) is 0 Å². The van der Waals surface area contributed by atoms with Gasteiger partial charge in [-0.3, -0.25) is 14.5 Å². The van der Waals surface area contributed by atoms with E-state index in [2.05, 4.69) is 30.0 Å². The highest BCUT2D eigenvalue weighted by Gasteiger charge is 2.41. The molecule has 5 nitrogen and oxygen atoms in total. The van der Waals surface area contributed by atoms with Crippen LogP contribution >= 0.6 is 0 Å². The fraction of sp³-hybridized carbons (Fsp3) is 0.385. The number of unbranched alkanes of at least 4 members (excludes halogenated alkanes) is 2. The van der Waals surface area contributed by atoms with Crippen molar-refractivity contribution in [3.8, 4) is 5.75 Å². The van der Waals surface area contributed by atoms with Crippen molar-refractivity contribution < 1.29 is 14.3 Å². The van der Waals surface area contributed by atoms with Crippen LogP contribution in [0.4, 0.5) is 0 Å². The maximum Gasteiger partial charge on any atom is 0.277 e. The maximum atomic E-state index is 13.5. The van der Waals surface area contributed by atoms with Crippen molar-refractivity contribution in [3.05, 3.63) is 70.9 Å². The third kappa shape index (κ3) is 4.22. The number of hydrogen-bond donors (Lipinski definition) is 0. The molecule has 162 valence electrons. The van der Waals surface area contributed by atoms with Crippen molar-refractivity contribution in [3.63, 3.8) is 0 Å². The molecule has 5 heteroatoms. The van der Waals surface area contributed by atoms with Gasteiger partial charge in [-0.15, -0.1) is 0 Å². The maximum absolute atomic E-state index is 13.5. The molecule has 2 aliphatic rings. The van der Waals surface area contributed by atoms with E-state index in [1.165, 1.54) is 16.0 Å². The van der Waals surface area contributed by atoms with E-state index >= 15 is 0 Å². The highest BCUT2D eigenvalue weighted by Crippen LogP contribution is 2.35. The van der Waals surface area contributed by atoms with E-state index in [0.717, 1.165) is 43.5 Å². The highest BCUT2D eigenvalue weighted by atomic mass is 16.5. The lowest BCUT2D eigenvalue weighted by Gasteiger charge is -2.31. The van der Waals surface area contributed by atoms with Gasteiger partial charge in [-0.2, -0.15) is 0 Å². The van der Waals surface area contributed by atoms with E-state index in [-0.39, 0.29) is 11.8 Å². The van der Waals surface area contributed by atoms with Crippen LogP contribution in [-0.4, -0.2) is 41.3 Å². The average molecular weight is 419 g/mol. The van der Waals surface area contributed by atoms with Crippen molar-refractivity contribution in [2.45, 2.75) is 46.1 Å². The van der Waals surface area contributed by atoms with E-state index < -0.39 is 0 Å². The lowest BCUT2D eigenvalue weighted by molar-refractivity contribution is -0.137. The van der Waals surface area contributed by atoms with Gasteiger partial charge in [0.1, 0.15) is 11.4 Å². The Kier molecular flexibility index (Phi) is 6.40. The van der Waals surface area contributed by atoms with Gasteiger partial charge in [0.25, 0.3) is 11.8 Å². The number of carbonyl (C=O) groups excluding carboxylic acids is 2. The van der Waals surface area contributed by atoms with E-state index in [9.17, 15) is 9.59 Å². The zero-order valence-corrected chi connectivity index (χ0v) is 18.4. The molecule has 2 aliphatic heterocycles. The first-order valence-electron chi connectivity index (χ1n) is 11.3. The molecule has 0 radical (unpaired) electrons. The number of carbonyl (C=O) groups is 2. The van der Waals surface area contributed by atoms with E-state index in [1.807, 2.05) is 37.3 Å². The van der Waals surface area contributed by atoms with Gasteiger partial charge in [0, 0.05) is 19.6 Å². The summed E-state index contributed by atoms with van der Waals surface area (Å²) >= 11 is 0. The average Bonchev–Trinajstić information content (AvgIpc) is 3.04. The van der Waals surface area contributed by atoms with Crippen LogP contribution in [0.1, 0.15) is 49.8 Å². The molecule has 0 atom stereocenters. The third-order valence-electron chi connectivity index (χ3n) is 6.03. The summed E-state index contributed by atoms with van der Waals surface area (Å²) < 4.78 is 5.55. The van der Waals surface area contributed by atoms with Crippen LogP contribution in [0.5, 0.6) is 5.75 Å². The van der Waals surface area contributed by atoms with E-state index in [0.29, 0.717) is 31.0 Å². The van der Waals surface area contributed by atoms with Crippen LogP contribution in [0.25, 0.3) is 5.57 Å². The molecule has 0 bridgehead atoms. The normalized spacial score (nSPS) is 16.2. The van der Waals surface area contributed by atoms with Gasteiger partial charge in [-0.05, 0) is 48.6 Å². The molecule has 2 heterocycles. The van der Waals surface area contributed by atoms with Crippen molar-refractivity contribution in [2.75, 3.05) is 19.7 Å². The first-order chi connectivity index (χ1) is 15.1. The van der Waals surface area contributed by atoms with Gasteiger partial charge in [-0.1, -0.05) is 56.2 Å². The van der Waals surface area contributed by atoms with Crippen LogP contribution in [-0.2, 0) is 22.6 Å². The monoisotopic (exact) mass is 418 g/mol. The highest BCUT2D eigenvalue weighted by molar-refractivity contribution is 6.35. The number of amides is 2. The Bertz CT molecular complexity index is 994. The van der Waals surface area contributed by atoms with E-state index in [1.54, 1.807) is 0 Å². The standard InChI is InChI=1S/C26H30N2O3/c1-3-5-8-16-28-25(29)23(20-11-13-22(14-12-20)31-4-2)24(26(28)30)27-17-15-19-9-6-7-10-21(19)18-27/h6-7,9-14H,3-5,8,15-18H2,1-2H3. The second kappa shape index (κ2) is 9.38. The fourth-order valence-electron chi connectivity index (χ4n) is 4.41. The summed E-state index contributed by atoms with van der Waals surface area (Å²) in [5.74, 6) is 0.417. The molecule has 0 saturated carbocycles. The largest absolute Gasteiger partial charge is 0.494 e. The predicted octanol–water partition coefficient (Wildman–Crippen LogP) is 4.41. The lowest BCUT2D eigenvalue weighted by Crippen LogP contribution is -2.37. The molecule has 2 aromatic rings. The molecule has 2 aromatic carbocycles. The molecule has 0 N–H and O–H groups in total. The van der Waals surface area contributed by atoms with Gasteiger partial charge >= 0.3 is 0 Å². The number of benzene rings is 2. The zero-order chi connectivity index (χ0) is 21.8. The van der Waals surface area contributed by atoms with Crippen molar-refractivity contribution in [2.24, 2.45) is 0 Å². The molecule has 0 spiro atoms. The number of ether oxygens (including phenoxy) is 1. The Balaban J connectivity index is 1.70. The number of nitrogens with zero attached hydrogens (tertiary/aromatic N) is 2. The Morgan fingerprint density at radius 2 is 1.65 bits per heavy atom. The van der Waals surface area contributed by atoms with Gasteiger partial charge in [-0.25, -0.2) is 0 Å². The van der Waals surface area contributed by atoms with Crippen molar-refractivity contribution in [1.29, 1.82) is 0 Å². The van der Waals surface area contributed by atoms with Crippen molar-refractivity contribution in [1.82, 2.24) is 9.80 Å². The van der Waals surface area contributed by atoms with Crippen LogP contribution in [0.2, 0.25) is 0 Å². The molecular formula is C26H30N2O3.